The van der Waals surface area contributed by atoms with E-state index >= 15 is 0 Å². The number of nitrogens with zero attached hydrogens (tertiary/aromatic N) is 3. The molecule has 1 N–H and O–H groups in total. The molecule has 0 fully saturated rings. The van der Waals surface area contributed by atoms with Crippen molar-refractivity contribution in [2.24, 2.45) is 0 Å². The molecule has 17 heavy (non-hydrogen) atoms. The van der Waals surface area contributed by atoms with E-state index in [0.29, 0.717) is 17.0 Å². The highest BCUT2D eigenvalue weighted by atomic mass is 35.5. The second-order valence-corrected chi connectivity index (χ2v) is 5.25. The van der Waals surface area contributed by atoms with Crippen molar-refractivity contribution in [2.75, 3.05) is 36.3 Å². The molecule has 0 aliphatic carbocycles. The van der Waals surface area contributed by atoms with Gasteiger partial charge in [0.1, 0.15) is 5.02 Å². The summed E-state index contributed by atoms with van der Waals surface area (Å²) in [5.41, 5.74) is 0. The van der Waals surface area contributed by atoms with Crippen molar-refractivity contribution in [3.8, 4) is 0 Å². The van der Waals surface area contributed by atoms with Gasteiger partial charge in [-0.1, -0.05) is 11.6 Å². The van der Waals surface area contributed by atoms with Crippen LogP contribution in [0.1, 0.15) is 13.3 Å². The van der Waals surface area contributed by atoms with Gasteiger partial charge in [0.2, 0.25) is 5.95 Å². The summed E-state index contributed by atoms with van der Waals surface area (Å²) < 4.78 is 0. The molecule has 0 bridgehead atoms. The second kappa shape index (κ2) is 6.91. The van der Waals surface area contributed by atoms with E-state index < -0.39 is 0 Å². The molecular weight excluding hydrogens is 256 g/mol. The fraction of sp³-hybridized carbons (Fsp3) is 0.636. The monoisotopic (exact) mass is 274 g/mol. The van der Waals surface area contributed by atoms with E-state index in [4.69, 9.17) is 11.6 Å². The summed E-state index contributed by atoms with van der Waals surface area (Å²) in [6.45, 7) is 2.17. The normalized spacial score (nSPS) is 12.3. The van der Waals surface area contributed by atoms with Crippen LogP contribution in [0.2, 0.25) is 5.02 Å². The molecule has 0 aliphatic heterocycles. The van der Waals surface area contributed by atoms with Crippen LogP contribution in [0, 0.1) is 0 Å². The van der Waals surface area contributed by atoms with Crippen molar-refractivity contribution in [1.29, 1.82) is 0 Å². The van der Waals surface area contributed by atoms with Gasteiger partial charge in [0.15, 0.2) is 5.82 Å². The minimum atomic E-state index is 0.402. The number of hydrogen-bond donors (Lipinski definition) is 1. The summed E-state index contributed by atoms with van der Waals surface area (Å²) in [4.78, 5) is 10.6. The Kier molecular flexibility index (Phi) is 5.85. The Hall–Kier alpha value is -0.680. The topological polar surface area (TPSA) is 41.1 Å². The smallest absolute Gasteiger partial charge is 0.224 e. The van der Waals surface area contributed by atoms with Crippen molar-refractivity contribution in [3.05, 3.63) is 11.2 Å². The van der Waals surface area contributed by atoms with E-state index in [0.717, 1.165) is 18.0 Å². The maximum absolute atomic E-state index is 6.13. The molecule has 0 aromatic carbocycles. The lowest BCUT2D eigenvalue weighted by atomic mass is 10.2. The van der Waals surface area contributed by atoms with Crippen LogP contribution >= 0.6 is 23.4 Å². The van der Waals surface area contributed by atoms with E-state index in [1.165, 1.54) is 0 Å². The molecule has 0 saturated carbocycles. The summed E-state index contributed by atoms with van der Waals surface area (Å²) >= 11 is 7.98. The molecule has 1 atom stereocenters. The lowest BCUT2D eigenvalue weighted by molar-refractivity contribution is 0.662. The third kappa shape index (κ3) is 3.92. The standard InChI is InChI=1S/C11H19ClN4S/c1-8(5-6-17-4)16(3)10-9(12)7-14-11(13-2)15-10/h7-8H,5-6H2,1-4H3,(H,13,14,15). The summed E-state index contributed by atoms with van der Waals surface area (Å²) in [5.74, 6) is 2.50. The number of halogens is 1. The Labute approximate surface area is 112 Å². The average Bonchev–Trinajstić information content (AvgIpc) is 2.35. The van der Waals surface area contributed by atoms with Crippen molar-refractivity contribution in [2.45, 2.75) is 19.4 Å². The molecule has 0 spiro atoms. The van der Waals surface area contributed by atoms with Crippen LogP contribution < -0.4 is 10.2 Å². The van der Waals surface area contributed by atoms with Gasteiger partial charge in [-0.15, -0.1) is 0 Å². The predicted octanol–water partition coefficient (Wildman–Crippen LogP) is 2.75. The zero-order chi connectivity index (χ0) is 12.8. The molecule has 6 heteroatoms. The Balaban J connectivity index is 2.82. The van der Waals surface area contributed by atoms with Crippen molar-refractivity contribution in [1.82, 2.24) is 9.97 Å². The first-order chi connectivity index (χ1) is 8.10. The van der Waals surface area contributed by atoms with Crippen molar-refractivity contribution < 1.29 is 0 Å². The highest BCUT2D eigenvalue weighted by Crippen LogP contribution is 2.25. The van der Waals surface area contributed by atoms with Crippen LogP contribution in [-0.4, -0.2) is 42.1 Å². The first-order valence-electron chi connectivity index (χ1n) is 5.52. The second-order valence-electron chi connectivity index (χ2n) is 3.86. The summed E-state index contributed by atoms with van der Waals surface area (Å²) in [5, 5.41) is 3.51. The van der Waals surface area contributed by atoms with E-state index in [2.05, 4.69) is 33.4 Å². The highest BCUT2D eigenvalue weighted by molar-refractivity contribution is 7.98. The zero-order valence-corrected chi connectivity index (χ0v) is 12.3. The number of rotatable bonds is 6. The van der Waals surface area contributed by atoms with Gasteiger partial charge in [-0.25, -0.2) is 4.98 Å². The quantitative estimate of drug-likeness (QED) is 0.864. The van der Waals surface area contributed by atoms with Gasteiger partial charge >= 0.3 is 0 Å². The lowest BCUT2D eigenvalue weighted by Gasteiger charge is -2.26. The largest absolute Gasteiger partial charge is 0.357 e. The van der Waals surface area contributed by atoms with Gasteiger partial charge in [-0.2, -0.15) is 16.7 Å². The van der Waals surface area contributed by atoms with E-state index in [9.17, 15) is 0 Å². The molecule has 0 saturated heterocycles. The fourth-order valence-electron chi connectivity index (χ4n) is 1.42. The lowest BCUT2D eigenvalue weighted by Crippen LogP contribution is -2.30. The first kappa shape index (κ1) is 14.4. The minimum absolute atomic E-state index is 0.402. The summed E-state index contributed by atoms with van der Waals surface area (Å²) in [6, 6.07) is 0.402. The summed E-state index contributed by atoms with van der Waals surface area (Å²) in [6.07, 6.45) is 4.85. The first-order valence-corrected chi connectivity index (χ1v) is 7.29. The Morgan fingerprint density at radius 2 is 2.29 bits per heavy atom. The van der Waals surface area contributed by atoms with Crippen molar-refractivity contribution in [3.63, 3.8) is 0 Å². The van der Waals surface area contributed by atoms with Crippen LogP contribution in [0.4, 0.5) is 11.8 Å². The van der Waals surface area contributed by atoms with Gasteiger partial charge < -0.3 is 10.2 Å². The molecule has 0 aliphatic rings. The van der Waals surface area contributed by atoms with Crippen LogP contribution in [0.5, 0.6) is 0 Å². The minimum Gasteiger partial charge on any atom is -0.357 e. The molecule has 1 heterocycles. The van der Waals surface area contributed by atoms with Crippen LogP contribution in [0.15, 0.2) is 6.20 Å². The number of nitrogens with one attached hydrogen (secondary N) is 1. The van der Waals surface area contributed by atoms with Crippen LogP contribution in [-0.2, 0) is 0 Å². The van der Waals surface area contributed by atoms with Gasteiger partial charge in [-0.05, 0) is 25.4 Å². The number of aromatic nitrogens is 2. The Morgan fingerprint density at radius 3 is 2.88 bits per heavy atom. The number of anilines is 2. The molecule has 96 valence electrons. The fourth-order valence-corrected chi connectivity index (χ4v) is 2.22. The molecule has 1 aromatic heterocycles. The third-order valence-corrected chi connectivity index (χ3v) is 3.59. The number of thioether (sulfide) groups is 1. The molecule has 1 rings (SSSR count). The van der Waals surface area contributed by atoms with Gasteiger partial charge in [0, 0.05) is 20.1 Å². The predicted molar refractivity (Wildman–Crippen MR) is 77.5 cm³/mol. The van der Waals surface area contributed by atoms with E-state index in [-0.39, 0.29) is 0 Å². The number of hydrogen-bond acceptors (Lipinski definition) is 5. The highest BCUT2D eigenvalue weighted by Gasteiger charge is 2.15. The SMILES string of the molecule is CNc1ncc(Cl)c(N(C)C(C)CCSC)n1. The Morgan fingerprint density at radius 1 is 1.59 bits per heavy atom. The van der Waals surface area contributed by atoms with Gasteiger partial charge in [0.05, 0.1) is 6.20 Å². The molecule has 1 aromatic rings. The molecule has 1 unspecified atom stereocenters. The van der Waals surface area contributed by atoms with Crippen LogP contribution in [0.25, 0.3) is 0 Å². The van der Waals surface area contributed by atoms with Gasteiger partial charge in [-0.3, -0.25) is 0 Å². The molecule has 0 amide bonds. The molecular formula is C11H19ClN4S. The maximum Gasteiger partial charge on any atom is 0.224 e. The average molecular weight is 275 g/mol. The van der Waals surface area contributed by atoms with E-state index in [1.807, 2.05) is 18.8 Å². The summed E-state index contributed by atoms with van der Waals surface area (Å²) in [7, 11) is 3.81. The third-order valence-electron chi connectivity index (χ3n) is 2.68. The Bertz CT molecular complexity index is 361. The zero-order valence-electron chi connectivity index (χ0n) is 10.7. The van der Waals surface area contributed by atoms with Crippen molar-refractivity contribution >= 4 is 35.1 Å². The van der Waals surface area contributed by atoms with Gasteiger partial charge in [0.25, 0.3) is 0 Å². The van der Waals surface area contributed by atoms with E-state index in [1.54, 1.807) is 13.2 Å². The van der Waals surface area contributed by atoms with Crippen LogP contribution in [0.3, 0.4) is 0 Å². The molecule has 0 radical (unpaired) electrons. The molecule has 4 nitrogen and oxygen atoms in total. The maximum atomic E-state index is 6.13.